The number of halogens is 1. The lowest BCUT2D eigenvalue weighted by Gasteiger charge is -2.11. The molecule has 0 fully saturated rings. The number of H-pyrrole nitrogens is 1. The normalized spacial score (nSPS) is 12.2. The van der Waals surface area contributed by atoms with E-state index < -0.39 is 11.9 Å². The summed E-state index contributed by atoms with van der Waals surface area (Å²) in [7, 11) is 0. The van der Waals surface area contributed by atoms with E-state index in [2.05, 4.69) is 20.6 Å². The molecule has 0 bridgehead atoms. The molecule has 0 aliphatic rings. The number of aliphatic hydroxyl groups excluding tert-OH is 1. The molecular formula is C21H20FN5O2. The number of carbonyl (C=O) groups is 1. The van der Waals surface area contributed by atoms with E-state index in [0.717, 1.165) is 16.5 Å². The van der Waals surface area contributed by atoms with Gasteiger partial charge in [0, 0.05) is 29.2 Å². The van der Waals surface area contributed by atoms with Crippen LogP contribution in [0.25, 0.3) is 10.9 Å². The van der Waals surface area contributed by atoms with Crippen LogP contribution in [0, 0.1) is 5.82 Å². The molecule has 7 nitrogen and oxygen atoms in total. The number of nitrogens with zero attached hydrogens (tertiary/aromatic N) is 3. The van der Waals surface area contributed by atoms with Crippen LogP contribution in [0.4, 0.5) is 4.39 Å². The first kappa shape index (κ1) is 18.8. The average Bonchev–Trinajstić information content (AvgIpc) is 3.36. The van der Waals surface area contributed by atoms with Gasteiger partial charge in [0.1, 0.15) is 11.9 Å². The largest absolute Gasteiger partial charge is 0.386 e. The Morgan fingerprint density at radius 2 is 2.00 bits per heavy atom. The highest BCUT2D eigenvalue weighted by atomic mass is 19.1. The van der Waals surface area contributed by atoms with Gasteiger partial charge in [0.05, 0.1) is 12.7 Å². The van der Waals surface area contributed by atoms with Gasteiger partial charge >= 0.3 is 0 Å². The molecule has 2 aromatic carbocycles. The molecule has 4 aromatic rings. The van der Waals surface area contributed by atoms with Crippen molar-refractivity contribution in [2.75, 3.05) is 6.54 Å². The van der Waals surface area contributed by atoms with Crippen LogP contribution >= 0.6 is 0 Å². The average molecular weight is 393 g/mol. The van der Waals surface area contributed by atoms with E-state index >= 15 is 0 Å². The van der Waals surface area contributed by atoms with Crippen molar-refractivity contribution >= 4 is 16.8 Å². The highest BCUT2D eigenvalue weighted by molar-refractivity contribution is 5.91. The first-order valence-corrected chi connectivity index (χ1v) is 9.27. The predicted octanol–water partition coefficient (Wildman–Crippen LogP) is 2.60. The van der Waals surface area contributed by atoms with Crippen molar-refractivity contribution in [3.63, 3.8) is 0 Å². The Kier molecular flexibility index (Phi) is 5.35. The number of amides is 1. The van der Waals surface area contributed by atoms with Gasteiger partial charge in [0.25, 0.3) is 5.91 Å². The van der Waals surface area contributed by atoms with E-state index in [1.54, 1.807) is 12.1 Å². The third kappa shape index (κ3) is 4.17. The van der Waals surface area contributed by atoms with Gasteiger partial charge in [-0.25, -0.2) is 9.07 Å². The van der Waals surface area contributed by atoms with Crippen molar-refractivity contribution in [3.8, 4) is 0 Å². The third-order valence-corrected chi connectivity index (χ3v) is 4.75. The zero-order valence-electron chi connectivity index (χ0n) is 15.5. The van der Waals surface area contributed by atoms with Crippen molar-refractivity contribution < 1.29 is 14.3 Å². The Bertz CT molecular complexity index is 1140. The SMILES string of the molecule is O=C(NCCc1c[nH]c2ccccc12)c1cn(C[C@@H](O)c2ccccc2F)nn1. The molecule has 0 radical (unpaired) electrons. The number of aliphatic hydroxyl groups is 1. The first-order chi connectivity index (χ1) is 14.1. The molecule has 0 aliphatic heterocycles. The fraction of sp³-hybridized carbons (Fsp3) is 0.190. The maximum Gasteiger partial charge on any atom is 0.273 e. The summed E-state index contributed by atoms with van der Waals surface area (Å²) in [5.74, 6) is -0.841. The van der Waals surface area contributed by atoms with Gasteiger partial charge in [-0.2, -0.15) is 0 Å². The van der Waals surface area contributed by atoms with Crippen LogP contribution in [0.15, 0.2) is 60.9 Å². The molecule has 3 N–H and O–H groups in total. The lowest BCUT2D eigenvalue weighted by atomic mass is 10.1. The van der Waals surface area contributed by atoms with Crippen LogP contribution < -0.4 is 5.32 Å². The number of fused-ring (bicyclic) bond motifs is 1. The maximum atomic E-state index is 13.8. The second kappa shape index (κ2) is 8.24. The van der Waals surface area contributed by atoms with Crippen molar-refractivity contribution in [2.45, 2.75) is 19.1 Å². The molecular weight excluding hydrogens is 373 g/mol. The van der Waals surface area contributed by atoms with Crippen LogP contribution in [-0.4, -0.2) is 37.5 Å². The van der Waals surface area contributed by atoms with Gasteiger partial charge in [0.2, 0.25) is 0 Å². The summed E-state index contributed by atoms with van der Waals surface area (Å²) in [6.07, 6.45) is 2.97. The number of nitrogens with one attached hydrogen (secondary N) is 2. The highest BCUT2D eigenvalue weighted by Crippen LogP contribution is 2.19. The Morgan fingerprint density at radius 1 is 1.21 bits per heavy atom. The minimum absolute atomic E-state index is 0.00342. The molecule has 0 saturated carbocycles. The van der Waals surface area contributed by atoms with Crippen LogP contribution in [0.2, 0.25) is 0 Å². The number of aromatic amines is 1. The molecule has 29 heavy (non-hydrogen) atoms. The number of carbonyl (C=O) groups excluding carboxylic acids is 1. The molecule has 2 heterocycles. The van der Waals surface area contributed by atoms with Crippen LogP contribution in [0.1, 0.15) is 27.7 Å². The molecule has 0 spiro atoms. The summed E-state index contributed by atoms with van der Waals surface area (Å²) in [6.45, 7) is 0.446. The van der Waals surface area contributed by atoms with Gasteiger partial charge in [-0.05, 0) is 24.1 Å². The standard InChI is InChI=1S/C21H20FN5O2/c22-17-7-3-1-6-16(17)20(28)13-27-12-19(25-26-27)21(29)23-10-9-14-11-24-18-8-4-2-5-15(14)18/h1-8,11-12,20,24,28H,9-10,13H2,(H,23,29)/t20-/m1/s1. The summed E-state index contributed by atoms with van der Waals surface area (Å²) in [6, 6.07) is 14.0. The van der Waals surface area contributed by atoms with E-state index in [0.29, 0.717) is 13.0 Å². The van der Waals surface area contributed by atoms with Gasteiger partial charge in [-0.15, -0.1) is 5.10 Å². The second-order valence-electron chi connectivity index (χ2n) is 6.73. The molecule has 1 atom stereocenters. The maximum absolute atomic E-state index is 13.8. The highest BCUT2D eigenvalue weighted by Gasteiger charge is 2.16. The number of aromatic nitrogens is 4. The first-order valence-electron chi connectivity index (χ1n) is 9.27. The smallest absolute Gasteiger partial charge is 0.273 e. The summed E-state index contributed by atoms with van der Waals surface area (Å²) >= 11 is 0. The monoisotopic (exact) mass is 393 g/mol. The van der Waals surface area contributed by atoms with E-state index in [1.807, 2.05) is 30.5 Å². The van der Waals surface area contributed by atoms with Gasteiger partial charge in [-0.3, -0.25) is 4.79 Å². The van der Waals surface area contributed by atoms with Crippen molar-refractivity contribution in [1.82, 2.24) is 25.3 Å². The van der Waals surface area contributed by atoms with E-state index in [9.17, 15) is 14.3 Å². The van der Waals surface area contributed by atoms with Gasteiger partial charge < -0.3 is 15.4 Å². The Hall–Kier alpha value is -3.52. The quantitative estimate of drug-likeness (QED) is 0.450. The number of hydrogen-bond acceptors (Lipinski definition) is 4. The Morgan fingerprint density at radius 3 is 2.86 bits per heavy atom. The molecule has 1 amide bonds. The fourth-order valence-electron chi connectivity index (χ4n) is 3.25. The lowest BCUT2D eigenvalue weighted by Crippen LogP contribution is -2.26. The summed E-state index contributed by atoms with van der Waals surface area (Å²) in [4.78, 5) is 15.5. The van der Waals surface area contributed by atoms with Crippen molar-refractivity contribution in [1.29, 1.82) is 0 Å². The van der Waals surface area contributed by atoms with Crippen molar-refractivity contribution in [2.24, 2.45) is 0 Å². The van der Waals surface area contributed by atoms with E-state index in [4.69, 9.17) is 0 Å². The van der Waals surface area contributed by atoms with Gasteiger partial charge in [-0.1, -0.05) is 41.6 Å². The zero-order chi connectivity index (χ0) is 20.2. The molecule has 148 valence electrons. The Balaban J connectivity index is 1.33. The molecule has 2 aromatic heterocycles. The minimum Gasteiger partial charge on any atom is -0.386 e. The van der Waals surface area contributed by atoms with E-state index in [1.165, 1.54) is 23.0 Å². The number of hydrogen-bond donors (Lipinski definition) is 3. The van der Waals surface area contributed by atoms with Gasteiger partial charge in [0.15, 0.2) is 5.69 Å². The van der Waals surface area contributed by atoms with Crippen LogP contribution in [0.5, 0.6) is 0 Å². The van der Waals surface area contributed by atoms with Crippen molar-refractivity contribution in [3.05, 3.63) is 83.6 Å². The number of benzene rings is 2. The zero-order valence-corrected chi connectivity index (χ0v) is 15.5. The third-order valence-electron chi connectivity index (χ3n) is 4.75. The minimum atomic E-state index is -1.09. The Labute approximate surface area is 166 Å². The molecule has 4 rings (SSSR count). The van der Waals surface area contributed by atoms with Crippen LogP contribution in [0.3, 0.4) is 0 Å². The molecule has 0 aliphatic carbocycles. The lowest BCUT2D eigenvalue weighted by molar-refractivity contribution is 0.0949. The number of rotatable bonds is 7. The molecule has 0 unspecified atom stereocenters. The van der Waals surface area contributed by atoms with E-state index in [-0.39, 0.29) is 23.7 Å². The predicted molar refractivity (Wildman–Crippen MR) is 106 cm³/mol. The molecule has 8 heteroatoms. The summed E-state index contributed by atoms with van der Waals surface area (Å²) in [5, 5.41) is 21.8. The molecule has 0 saturated heterocycles. The summed E-state index contributed by atoms with van der Waals surface area (Å²) < 4.78 is 15.1. The van der Waals surface area contributed by atoms with Crippen LogP contribution in [-0.2, 0) is 13.0 Å². The topological polar surface area (TPSA) is 95.8 Å². The fourth-order valence-corrected chi connectivity index (χ4v) is 3.25. The number of para-hydroxylation sites is 1. The second-order valence-corrected chi connectivity index (χ2v) is 6.73. The summed E-state index contributed by atoms with van der Waals surface area (Å²) in [5.41, 5.74) is 2.50.